The molecule has 0 bridgehead atoms. The summed E-state index contributed by atoms with van der Waals surface area (Å²) in [7, 11) is 0. The van der Waals surface area contributed by atoms with E-state index in [1.54, 1.807) is 11.3 Å². The molecule has 0 saturated heterocycles. The molecule has 2 aromatic carbocycles. The van der Waals surface area contributed by atoms with Crippen LogP contribution >= 0.6 is 22.7 Å². The molecule has 1 aliphatic carbocycles. The molecule has 0 aliphatic heterocycles. The topological polar surface area (TPSA) is 34.1 Å². The molecule has 0 radical (unpaired) electrons. The van der Waals surface area contributed by atoms with E-state index in [9.17, 15) is 9.59 Å². The summed E-state index contributed by atoms with van der Waals surface area (Å²) in [5, 5.41) is 0. The van der Waals surface area contributed by atoms with E-state index in [1.807, 2.05) is 35.6 Å². The number of benzene rings is 2. The Morgan fingerprint density at radius 3 is 1.71 bits per heavy atom. The number of hydrogen-bond donors (Lipinski definition) is 0. The third-order valence-corrected chi connectivity index (χ3v) is 9.21. The first-order chi connectivity index (χ1) is 15.9. The lowest BCUT2D eigenvalue weighted by Crippen LogP contribution is -2.22. The van der Waals surface area contributed by atoms with Crippen LogP contribution in [-0.2, 0) is 10.8 Å². The number of Topliss-reactive ketones (excluding diaryl/α,β-unsaturated/α-hetero) is 2. The van der Waals surface area contributed by atoms with E-state index >= 15 is 0 Å². The largest absolute Gasteiger partial charge is 0.285 e. The van der Waals surface area contributed by atoms with Crippen LogP contribution in [0.15, 0.2) is 60.7 Å². The van der Waals surface area contributed by atoms with E-state index in [-0.39, 0.29) is 10.8 Å². The molecule has 34 heavy (non-hydrogen) atoms. The van der Waals surface area contributed by atoms with E-state index in [1.165, 1.54) is 14.6 Å². The van der Waals surface area contributed by atoms with E-state index in [4.69, 9.17) is 0 Å². The fourth-order valence-electron chi connectivity index (χ4n) is 4.29. The van der Waals surface area contributed by atoms with Crippen molar-refractivity contribution in [1.82, 2.24) is 0 Å². The van der Waals surface area contributed by atoms with Crippen LogP contribution in [0.25, 0.3) is 31.3 Å². The Hall–Kier alpha value is -2.82. The Morgan fingerprint density at radius 2 is 1.09 bits per heavy atom. The van der Waals surface area contributed by atoms with Gasteiger partial charge in [0.25, 0.3) is 0 Å². The van der Waals surface area contributed by atoms with Crippen molar-refractivity contribution in [3.8, 4) is 31.3 Å². The van der Waals surface area contributed by atoms with Gasteiger partial charge in [0.1, 0.15) is 0 Å². The van der Waals surface area contributed by atoms with Crippen LogP contribution in [0.1, 0.15) is 72.7 Å². The van der Waals surface area contributed by atoms with Gasteiger partial charge in [0, 0.05) is 30.6 Å². The van der Waals surface area contributed by atoms with E-state index < -0.39 is 11.6 Å². The third-order valence-electron chi connectivity index (χ3n) is 6.37. The van der Waals surface area contributed by atoms with Gasteiger partial charge in [0.15, 0.2) is 0 Å². The third kappa shape index (κ3) is 3.89. The normalized spacial score (nSPS) is 13.7. The van der Waals surface area contributed by atoms with Crippen molar-refractivity contribution in [3.63, 3.8) is 0 Å². The molecule has 2 nitrogen and oxygen atoms in total. The monoisotopic (exact) mass is 484 g/mol. The van der Waals surface area contributed by atoms with Gasteiger partial charge in [-0.2, -0.15) is 0 Å². The Morgan fingerprint density at radius 1 is 0.529 bits per heavy atom. The molecule has 4 heteroatoms. The highest BCUT2D eigenvalue weighted by atomic mass is 32.1. The van der Waals surface area contributed by atoms with Crippen molar-refractivity contribution in [3.05, 3.63) is 82.2 Å². The van der Waals surface area contributed by atoms with Crippen LogP contribution in [0.5, 0.6) is 0 Å². The Bertz CT molecular complexity index is 1450. The van der Waals surface area contributed by atoms with Gasteiger partial charge in [-0.05, 0) is 81.6 Å². The minimum absolute atomic E-state index is 0.0490. The quantitative estimate of drug-likeness (QED) is 0.266. The Labute approximate surface area is 209 Å². The van der Waals surface area contributed by atoms with Gasteiger partial charge in [-0.3, -0.25) is 9.59 Å². The maximum atomic E-state index is 12.8. The van der Waals surface area contributed by atoms with Crippen molar-refractivity contribution < 1.29 is 9.59 Å². The van der Waals surface area contributed by atoms with Crippen LogP contribution in [0.2, 0.25) is 0 Å². The SMILES string of the molecule is CC(C)(C)c1ccc2c(c1)-c1cc(-c3ccc(-c4ccc(C(C)(C)C)s4)s3)ccc1C(=O)C2=O. The van der Waals surface area contributed by atoms with E-state index in [2.05, 4.69) is 77.9 Å². The second-order valence-electron chi connectivity index (χ2n) is 11.0. The molecule has 1 aliphatic rings. The lowest BCUT2D eigenvalue weighted by molar-refractivity contribution is 0.0815. The average molecular weight is 485 g/mol. The summed E-state index contributed by atoms with van der Waals surface area (Å²) < 4.78 is 0. The van der Waals surface area contributed by atoms with Crippen LogP contribution in [0.3, 0.4) is 0 Å². The van der Waals surface area contributed by atoms with Crippen LogP contribution in [0, 0.1) is 0 Å². The molecule has 4 aromatic rings. The number of ketones is 2. The maximum absolute atomic E-state index is 12.8. The summed E-state index contributed by atoms with van der Waals surface area (Å²) in [6, 6.07) is 20.5. The van der Waals surface area contributed by atoms with Crippen LogP contribution < -0.4 is 0 Å². The van der Waals surface area contributed by atoms with E-state index in [0.717, 1.165) is 27.1 Å². The van der Waals surface area contributed by atoms with E-state index in [0.29, 0.717) is 11.1 Å². The summed E-state index contributed by atoms with van der Waals surface area (Å²) in [6.07, 6.45) is 0. The summed E-state index contributed by atoms with van der Waals surface area (Å²) in [4.78, 5) is 30.7. The molecule has 2 aromatic heterocycles. The molecular formula is C30H28O2S2. The molecule has 0 N–H and O–H groups in total. The summed E-state index contributed by atoms with van der Waals surface area (Å²) in [5.41, 5.74) is 5.02. The second-order valence-corrected chi connectivity index (χ2v) is 13.2. The van der Waals surface area contributed by atoms with Crippen LogP contribution in [0.4, 0.5) is 0 Å². The highest BCUT2D eigenvalue weighted by Gasteiger charge is 2.31. The molecule has 0 saturated carbocycles. The minimum atomic E-state index is -0.419. The van der Waals surface area contributed by atoms with Gasteiger partial charge in [-0.15, -0.1) is 22.7 Å². The van der Waals surface area contributed by atoms with Crippen molar-refractivity contribution in [2.75, 3.05) is 0 Å². The molecule has 0 unspecified atom stereocenters. The first-order valence-electron chi connectivity index (χ1n) is 11.5. The van der Waals surface area contributed by atoms with Crippen molar-refractivity contribution in [2.45, 2.75) is 52.4 Å². The number of hydrogen-bond acceptors (Lipinski definition) is 4. The van der Waals surface area contributed by atoms with Gasteiger partial charge in [-0.1, -0.05) is 53.7 Å². The Kier molecular flexibility index (Phi) is 5.30. The molecule has 0 amide bonds. The average Bonchev–Trinajstić information content (AvgIpc) is 3.46. The lowest BCUT2D eigenvalue weighted by atomic mass is 9.78. The van der Waals surface area contributed by atoms with Crippen molar-refractivity contribution >= 4 is 34.2 Å². The summed E-state index contributed by atoms with van der Waals surface area (Å²) >= 11 is 3.61. The van der Waals surface area contributed by atoms with Crippen molar-refractivity contribution in [1.29, 1.82) is 0 Å². The zero-order valence-corrected chi connectivity index (χ0v) is 22.0. The predicted molar refractivity (Wildman–Crippen MR) is 145 cm³/mol. The highest BCUT2D eigenvalue weighted by Crippen LogP contribution is 2.43. The summed E-state index contributed by atoms with van der Waals surface area (Å²) in [6.45, 7) is 13.2. The summed E-state index contributed by atoms with van der Waals surface area (Å²) in [5.74, 6) is -0.834. The van der Waals surface area contributed by atoms with Crippen molar-refractivity contribution in [2.24, 2.45) is 0 Å². The first-order valence-corrected chi connectivity index (χ1v) is 13.2. The number of rotatable bonds is 2. The highest BCUT2D eigenvalue weighted by molar-refractivity contribution is 7.24. The number of carbonyl (C=O) groups is 2. The van der Waals surface area contributed by atoms with Gasteiger partial charge >= 0.3 is 0 Å². The maximum Gasteiger partial charge on any atom is 0.234 e. The van der Waals surface area contributed by atoms with Gasteiger partial charge < -0.3 is 0 Å². The standard InChI is InChI=1S/C30H28O2S2/c1-29(2,3)18-8-10-20-22(16-18)21-15-17(7-9-19(21)27(31)28(20)32)23-11-12-24(33-23)25-13-14-26(34-25)30(4,5)6/h7-16H,1-6H3. The molecule has 0 spiro atoms. The number of carbonyl (C=O) groups excluding carboxylic acids is 2. The fraction of sp³-hybridized carbons (Fsp3) is 0.267. The van der Waals surface area contributed by atoms with Gasteiger partial charge in [-0.25, -0.2) is 0 Å². The molecule has 5 rings (SSSR count). The molecule has 0 fully saturated rings. The van der Waals surface area contributed by atoms with Gasteiger partial charge in [0.05, 0.1) is 0 Å². The molecular weight excluding hydrogens is 456 g/mol. The first kappa shape index (κ1) is 22.9. The molecule has 2 heterocycles. The minimum Gasteiger partial charge on any atom is -0.285 e. The smallest absolute Gasteiger partial charge is 0.234 e. The zero-order valence-electron chi connectivity index (χ0n) is 20.4. The second kappa shape index (κ2) is 7.86. The number of fused-ring (bicyclic) bond motifs is 3. The molecule has 0 atom stereocenters. The fourth-order valence-corrected chi connectivity index (χ4v) is 6.45. The Balaban J connectivity index is 1.58. The predicted octanol–water partition coefficient (Wildman–Crippen LogP) is 8.78. The zero-order chi connectivity index (χ0) is 24.4. The number of thiophene rings is 2. The lowest BCUT2D eigenvalue weighted by Gasteiger charge is -2.24. The van der Waals surface area contributed by atoms with Crippen LogP contribution in [-0.4, -0.2) is 11.6 Å². The molecule has 172 valence electrons. The van der Waals surface area contributed by atoms with Gasteiger partial charge in [0.2, 0.25) is 11.6 Å².